The molecule has 2 rings (SSSR count). The van der Waals surface area contributed by atoms with Gasteiger partial charge in [0.1, 0.15) is 12.6 Å². The zero-order chi connectivity index (χ0) is 13.8. The molecule has 19 heavy (non-hydrogen) atoms. The largest absolute Gasteiger partial charge is 0.480 e. The molecule has 0 aliphatic carbocycles. The average molecular weight is 263 g/mol. The topological polar surface area (TPSA) is 66.8 Å². The highest BCUT2D eigenvalue weighted by Crippen LogP contribution is 2.23. The summed E-state index contributed by atoms with van der Waals surface area (Å²) in [6.07, 6.45) is 0.987. The maximum absolute atomic E-state index is 12.4. The minimum Gasteiger partial charge on any atom is -0.480 e. The molecule has 2 unspecified atom stereocenters. The van der Waals surface area contributed by atoms with Gasteiger partial charge in [0.05, 0.1) is 6.10 Å². The monoisotopic (exact) mass is 263 g/mol. The van der Waals surface area contributed by atoms with E-state index < -0.39 is 12.1 Å². The zero-order valence-electron chi connectivity index (χ0n) is 10.8. The van der Waals surface area contributed by atoms with Crippen LogP contribution in [0.25, 0.3) is 0 Å². The van der Waals surface area contributed by atoms with Crippen molar-refractivity contribution in [3.8, 4) is 0 Å². The number of anilines is 1. The number of benzene rings is 1. The minimum absolute atomic E-state index is 0.0522. The number of aliphatic carboxylic acids is 1. The molecule has 0 spiro atoms. The molecular weight excluding hydrogens is 246 g/mol. The number of hydrogen-bond acceptors (Lipinski definition) is 3. The smallest absolute Gasteiger partial charge is 0.323 e. The lowest BCUT2D eigenvalue weighted by Gasteiger charge is -2.24. The Morgan fingerprint density at radius 2 is 2.00 bits per heavy atom. The first-order valence-corrected chi connectivity index (χ1v) is 6.31. The van der Waals surface area contributed by atoms with Crippen molar-refractivity contribution in [1.29, 1.82) is 0 Å². The van der Waals surface area contributed by atoms with Crippen molar-refractivity contribution in [2.75, 3.05) is 11.4 Å². The highest BCUT2D eigenvalue weighted by atomic mass is 16.5. The quantitative estimate of drug-likeness (QED) is 0.897. The van der Waals surface area contributed by atoms with Crippen LogP contribution >= 0.6 is 0 Å². The zero-order valence-corrected chi connectivity index (χ0v) is 10.8. The van der Waals surface area contributed by atoms with E-state index in [4.69, 9.17) is 9.84 Å². The van der Waals surface area contributed by atoms with Crippen LogP contribution in [0, 0.1) is 0 Å². The maximum atomic E-state index is 12.4. The van der Waals surface area contributed by atoms with Gasteiger partial charge in [-0.15, -0.1) is 0 Å². The number of para-hydroxylation sites is 1. The number of amides is 1. The highest BCUT2D eigenvalue weighted by molar-refractivity contribution is 6.00. The lowest BCUT2D eigenvalue weighted by atomic mass is 10.1. The van der Waals surface area contributed by atoms with Gasteiger partial charge in [0.15, 0.2) is 0 Å². The summed E-state index contributed by atoms with van der Waals surface area (Å²) in [6.45, 7) is 1.56. The molecule has 1 saturated heterocycles. The number of nitrogens with zero attached hydrogens (tertiary/aromatic N) is 1. The van der Waals surface area contributed by atoms with Crippen LogP contribution in [0.4, 0.5) is 5.69 Å². The van der Waals surface area contributed by atoms with Crippen LogP contribution in [-0.4, -0.2) is 35.7 Å². The predicted octanol–water partition coefficient (Wildman–Crippen LogP) is 1.67. The summed E-state index contributed by atoms with van der Waals surface area (Å²) in [6, 6.07) is 8.81. The molecule has 0 saturated carbocycles. The van der Waals surface area contributed by atoms with Crippen molar-refractivity contribution in [3.63, 3.8) is 0 Å². The Bertz CT molecular complexity index is 460. The van der Waals surface area contributed by atoms with E-state index in [1.807, 2.05) is 13.0 Å². The molecule has 5 nitrogen and oxygen atoms in total. The van der Waals surface area contributed by atoms with Gasteiger partial charge in [-0.3, -0.25) is 14.5 Å². The van der Waals surface area contributed by atoms with Gasteiger partial charge in [-0.25, -0.2) is 0 Å². The Balaban J connectivity index is 2.18. The van der Waals surface area contributed by atoms with E-state index in [2.05, 4.69) is 0 Å². The van der Waals surface area contributed by atoms with Crippen LogP contribution in [0.3, 0.4) is 0 Å². The summed E-state index contributed by atoms with van der Waals surface area (Å²) >= 11 is 0. The summed E-state index contributed by atoms with van der Waals surface area (Å²) < 4.78 is 5.52. The lowest BCUT2D eigenvalue weighted by molar-refractivity contribution is -0.138. The number of hydrogen-bond donors (Lipinski definition) is 1. The number of ether oxygens (including phenoxy) is 1. The van der Waals surface area contributed by atoms with E-state index in [0.29, 0.717) is 12.1 Å². The third-order valence-corrected chi connectivity index (χ3v) is 3.13. The second-order valence-electron chi connectivity index (χ2n) is 4.67. The molecule has 5 heteroatoms. The Morgan fingerprint density at radius 3 is 2.53 bits per heavy atom. The van der Waals surface area contributed by atoms with Crippen LogP contribution in [0.2, 0.25) is 0 Å². The van der Waals surface area contributed by atoms with Gasteiger partial charge in [-0.2, -0.15) is 0 Å². The number of carboxylic acid groups (broad SMARTS) is 1. The van der Waals surface area contributed by atoms with Gasteiger partial charge in [0.2, 0.25) is 0 Å². The Hall–Kier alpha value is -1.88. The molecule has 2 atom stereocenters. The van der Waals surface area contributed by atoms with Crippen LogP contribution in [-0.2, 0) is 14.3 Å². The number of rotatable bonds is 4. The molecule has 1 aliphatic heterocycles. The Labute approximate surface area is 111 Å². The van der Waals surface area contributed by atoms with E-state index >= 15 is 0 Å². The van der Waals surface area contributed by atoms with E-state index in [-0.39, 0.29) is 18.6 Å². The van der Waals surface area contributed by atoms with Crippen LogP contribution < -0.4 is 4.90 Å². The summed E-state index contributed by atoms with van der Waals surface area (Å²) in [5.74, 6) is -1.32. The SMILES string of the molecule is CC1CCC(C(=O)N(CC(=O)O)c2ccccc2)O1. The molecule has 1 aromatic carbocycles. The fourth-order valence-electron chi connectivity index (χ4n) is 2.20. The van der Waals surface area contributed by atoms with Gasteiger partial charge in [-0.05, 0) is 31.9 Å². The second-order valence-corrected chi connectivity index (χ2v) is 4.67. The first kappa shape index (κ1) is 13.5. The first-order valence-electron chi connectivity index (χ1n) is 6.31. The van der Waals surface area contributed by atoms with Gasteiger partial charge in [-0.1, -0.05) is 18.2 Å². The minimum atomic E-state index is -1.04. The standard InChI is InChI=1S/C14H17NO4/c1-10-7-8-12(19-10)14(18)15(9-13(16)17)11-5-3-2-4-6-11/h2-6,10,12H,7-9H2,1H3,(H,16,17). The third-order valence-electron chi connectivity index (χ3n) is 3.13. The van der Waals surface area contributed by atoms with Crippen LogP contribution in [0.5, 0.6) is 0 Å². The van der Waals surface area contributed by atoms with Crippen molar-refractivity contribution in [2.45, 2.75) is 32.0 Å². The molecule has 1 aliphatic rings. The summed E-state index contributed by atoms with van der Waals surface area (Å²) in [7, 11) is 0. The van der Waals surface area contributed by atoms with Gasteiger partial charge in [0.25, 0.3) is 5.91 Å². The molecule has 102 valence electrons. The van der Waals surface area contributed by atoms with Crippen LogP contribution in [0.15, 0.2) is 30.3 Å². The van der Waals surface area contributed by atoms with Crippen molar-refractivity contribution >= 4 is 17.6 Å². The van der Waals surface area contributed by atoms with Crippen molar-refractivity contribution < 1.29 is 19.4 Å². The van der Waals surface area contributed by atoms with Gasteiger partial charge < -0.3 is 9.84 Å². The molecular formula is C14H17NO4. The first-order chi connectivity index (χ1) is 9.08. The third kappa shape index (κ3) is 3.32. The van der Waals surface area contributed by atoms with Crippen molar-refractivity contribution in [1.82, 2.24) is 0 Å². The number of carboxylic acids is 1. The summed E-state index contributed by atoms with van der Waals surface area (Å²) in [4.78, 5) is 24.6. The van der Waals surface area contributed by atoms with E-state index in [9.17, 15) is 9.59 Å². The van der Waals surface area contributed by atoms with Crippen molar-refractivity contribution in [3.05, 3.63) is 30.3 Å². The van der Waals surface area contributed by atoms with Gasteiger partial charge in [0, 0.05) is 5.69 Å². The van der Waals surface area contributed by atoms with Crippen LogP contribution in [0.1, 0.15) is 19.8 Å². The maximum Gasteiger partial charge on any atom is 0.323 e. The number of carbonyl (C=O) groups is 2. The molecule has 0 radical (unpaired) electrons. The highest BCUT2D eigenvalue weighted by Gasteiger charge is 2.33. The molecule has 1 amide bonds. The Morgan fingerprint density at radius 1 is 1.32 bits per heavy atom. The fraction of sp³-hybridized carbons (Fsp3) is 0.429. The molecule has 0 bridgehead atoms. The van der Waals surface area contributed by atoms with E-state index in [1.54, 1.807) is 24.3 Å². The molecule has 1 aromatic rings. The van der Waals surface area contributed by atoms with E-state index in [0.717, 1.165) is 6.42 Å². The molecule has 1 fully saturated rings. The van der Waals surface area contributed by atoms with E-state index in [1.165, 1.54) is 4.90 Å². The average Bonchev–Trinajstić information content (AvgIpc) is 2.83. The van der Waals surface area contributed by atoms with Gasteiger partial charge >= 0.3 is 5.97 Å². The molecule has 1 heterocycles. The number of carbonyl (C=O) groups excluding carboxylic acids is 1. The van der Waals surface area contributed by atoms with Crippen molar-refractivity contribution in [2.24, 2.45) is 0 Å². The summed E-state index contributed by atoms with van der Waals surface area (Å²) in [5.41, 5.74) is 0.582. The summed E-state index contributed by atoms with van der Waals surface area (Å²) in [5, 5.41) is 8.95. The second kappa shape index (κ2) is 5.84. The molecule has 1 N–H and O–H groups in total. The lowest BCUT2D eigenvalue weighted by Crippen LogP contribution is -2.42. The fourth-order valence-corrected chi connectivity index (χ4v) is 2.20. The Kier molecular flexibility index (Phi) is 4.16. The molecule has 0 aromatic heterocycles. The predicted molar refractivity (Wildman–Crippen MR) is 70.0 cm³/mol. The normalized spacial score (nSPS) is 22.2.